The van der Waals surface area contributed by atoms with E-state index >= 15 is 0 Å². The van der Waals surface area contributed by atoms with Crippen molar-refractivity contribution in [2.24, 2.45) is 0 Å². The summed E-state index contributed by atoms with van der Waals surface area (Å²) in [5.41, 5.74) is 1.81. The molecule has 0 saturated carbocycles. The van der Waals surface area contributed by atoms with E-state index in [2.05, 4.69) is 14.9 Å². The Hall–Kier alpha value is -1.82. The third kappa shape index (κ3) is 2.85. The van der Waals surface area contributed by atoms with Gasteiger partial charge in [0.25, 0.3) is 0 Å². The van der Waals surface area contributed by atoms with Crippen molar-refractivity contribution >= 4 is 17.7 Å². The molecule has 2 aromatic rings. The molecule has 17 heavy (non-hydrogen) atoms. The lowest BCUT2D eigenvalue weighted by molar-refractivity contribution is 0.0696. The van der Waals surface area contributed by atoms with E-state index in [0.29, 0.717) is 5.75 Å². The second-order valence-corrected chi connectivity index (χ2v) is 4.47. The first kappa shape index (κ1) is 11.7. The zero-order chi connectivity index (χ0) is 12.3. The number of benzene rings is 1. The maximum Gasteiger partial charge on any atom is 0.335 e. The van der Waals surface area contributed by atoms with E-state index in [1.165, 1.54) is 11.8 Å². The number of aromatic nitrogens is 2. The number of hydrogen-bond acceptors (Lipinski definition) is 5. The average Bonchev–Trinajstić information content (AvgIpc) is 2.72. The van der Waals surface area contributed by atoms with Crippen molar-refractivity contribution in [1.82, 2.24) is 10.3 Å². The molecule has 0 atom stereocenters. The van der Waals surface area contributed by atoms with Crippen molar-refractivity contribution in [2.45, 2.75) is 17.6 Å². The van der Waals surface area contributed by atoms with Gasteiger partial charge in [-0.05, 0) is 25.1 Å². The summed E-state index contributed by atoms with van der Waals surface area (Å²) < 4.78 is 4.59. The highest BCUT2D eigenvalue weighted by Crippen LogP contribution is 2.23. The smallest absolute Gasteiger partial charge is 0.335 e. The fourth-order valence-electron chi connectivity index (χ4n) is 1.25. The van der Waals surface area contributed by atoms with Gasteiger partial charge in [-0.15, -0.1) is 11.8 Å². The van der Waals surface area contributed by atoms with Crippen LogP contribution in [0.5, 0.6) is 0 Å². The first-order chi connectivity index (χ1) is 8.16. The molecule has 0 amide bonds. The monoisotopic (exact) mass is 250 g/mol. The molecule has 6 heteroatoms. The number of rotatable bonds is 4. The zero-order valence-electron chi connectivity index (χ0n) is 9.08. The van der Waals surface area contributed by atoms with Crippen molar-refractivity contribution in [3.63, 3.8) is 0 Å². The third-order valence-corrected chi connectivity index (χ3v) is 3.21. The van der Waals surface area contributed by atoms with Crippen LogP contribution < -0.4 is 0 Å². The van der Waals surface area contributed by atoms with Gasteiger partial charge in [0.15, 0.2) is 0 Å². The van der Waals surface area contributed by atoms with E-state index in [9.17, 15) is 4.79 Å². The van der Waals surface area contributed by atoms with E-state index in [4.69, 9.17) is 5.11 Å². The van der Waals surface area contributed by atoms with Gasteiger partial charge in [0.1, 0.15) is 11.4 Å². The summed E-state index contributed by atoms with van der Waals surface area (Å²) in [6.45, 7) is 1.82. The predicted molar refractivity (Wildman–Crippen MR) is 62.0 cm³/mol. The predicted octanol–water partition coefficient (Wildman–Crippen LogP) is 2.37. The van der Waals surface area contributed by atoms with Crippen LogP contribution in [0.15, 0.2) is 33.8 Å². The lowest BCUT2D eigenvalue weighted by Gasteiger charge is -2.00. The molecule has 0 fully saturated rings. The number of nitrogens with zero attached hydrogens (tertiary/aromatic N) is 2. The summed E-state index contributed by atoms with van der Waals surface area (Å²) in [5, 5.41) is 16.3. The molecule has 0 aliphatic heterocycles. The molecule has 2 rings (SSSR count). The summed E-state index contributed by atoms with van der Waals surface area (Å²) in [7, 11) is 0. The molecule has 0 spiro atoms. The molecule has 1 aromatic carbocycles. The molecule has 0 aliphatic carbocycles. The van der Waals surface area contributed by atoms with E-state index in [1.54, 1.807) is 18.2 Å². The van der Waals surface area contributed by atoms with Crippen LogP contribution in [0.2, 0.25) is 0 Å². The standard InChI is InChI=1S/C11H10N2O3S/c1-7-10(13-16-12-7)6-17-9-4-2-3-8(5-9)11(14)15/h2-5H,6H2,1H3,(H,14,15). The molecule has 5 nitrogen and oxygen atoms in total. The van der Waals surface area contributed by atoms with Crippen LogP contribution in [-0.4, -0.2) is 21.4 Å². The Morgan fingerprint density at radius 1 is 1.47 bits per heavy atom. The molecule has 1 N–H and O–H groups in total. The van der Waals surface area contributed by atoms with Crippen LogP contribution in [0.4, 0.5) is 0 Å². The lowest BCUT2D eigenvalue weighted by atomic mass is 10.2. The number of carboxylic acids is 1. The average molecular weight is 250 g/mol. The van der Waals surface area contributed by atoms with Crippen molar-refractivity contribution in [2.75, 3.05) is 0 Å². The summed E-state index contributed by atoms with van der Waals surface area (Å²) in [6.07, 6.45) is 0. The van der Waals surface area contributed by atoms with Gasteiger partial charge in [0.05, 0.1) is 5.56 Å². The van der Waals surface area contributed by atoms with Gasteiger partial charge >= 0.3 is 5.97 Å². The van der Waals surface area contributed by atoms with Crippen LogP contribution in [0.1, 0.15) is 21.7 Å². The van der Waals surface area contributed by atoms with Gasteiger partial charge in [0.2, 0.25) is 0 Å². The molecule has 0 radical (unpaired) electrons. The van der Waals surface area contributed by atoms with E-state index in [-0.39, 0.29) is 5.56 Å². The molecular formula is C11H10N2O3S. The van der Waals surface area contributed by atoms with Gasteiger partial charge in [0, 0.05) is 10.6 Å². The Balaban J connectivity index is 2.07. The molecule has 88 valence electrons. The largest absolute Gasteiger partial charge is 0.478 e. The number of hydrogen-bond donors (Lipinski definition) is 1. The third-order valence-electron chi connectivity index (χ3n) is 2.20. The van der Waals surface area contributed by atoms with Crippen molar-refractivity contribution in [1.29, 1.82) is 0 Å². The molecule has 0 bridgehead atoms. The Morgan fingerprint density at radius 3 is 2.94 bits per heavy atom. The van der Waals surface area contributed by atoms with Crippen molar-refractivity contribution < 1.29 is 14.5 Å². The van der Waals surface area contributed by atoms with Crippen LogP contribution in [0.3, 0.4) is 0 Å². The maximum absolute atomic E-state index is 10.8. The Kier molecular flexibility index (Phi) is 3.43. The van der Waals surface area contributed by atoms with Gasteiger partial charge < -0.3 is 5.11 Å². The lowest BCUT2D eigenvalue weighted by Crippen LogP contribution is -1.95. The number of carboxylic acid groups (broad SMARTS) is 1. The first-order valence-corrected chi connectivity index (χ1v) is 5.89. The summed E-state index contributed by atoms with van der Waals surface area (Å²) >= 11 is 1.50. The molecule has 1 aromatic heterocycles. The van der Waals surface area contributed by atoms with Crippen LogP contribution in [0, 0.1) is 6.92 Å². The van der Waals surface area contributed by atoms with Gasteiger partial charge in [-0.3, -0.25) is 0 Å². The summed E-state index contributed by atoms with van der Waals surface area (Å²) in [6, 6.07) is 6.78. The van der Waals surface area contributed by atoms with Crippen LogP contribution >= 0.6 is 11.8 Å². The Morgan fingerprint density at radius 2 is 2.29 bits per heavy atom. The highest BCUT2D eigenvalue weighted by Gasteiger charge is 2.07. The first-order valence-electron chi connectivity index (χ1n) is 4.91. The highest BCUT2D eigenvalue weighted by molar-refractivity contribution is 7.98. The fraction of sp³-hybridized carbons (Fsp3) is 0.182. The van der Waals surface area contributed by atoms with E-state index in [0.717, 1.165) is 16.3 Å². The Labute approximate surface area is 102 Å². The fourth-order valence-corrected chi connectivity index (χ4v) is 2.20. The van der Waals surface area contributed by atoms with Gasteiger partial charge in [-0.1, -0.05) is 16.4 Å². The second-order valence-electron chi connectivity index (χ2n) is 3.42. The van der Waals surface area contributed by atoms with Crippen molar-refractivity contribution in [3.05, 3.63) is 41.2 Å². The minimum Gasteiger partial charge on any atom is -0.478 e. The SMILES string of the molecule is Cc1nonc1CSc1cccc(C(=O)O)c1. The quantitative estimate of drug-likeness (QED) is 0.839. The number of thioether (sulfide) groups is 1. The van der Waals surface area contributed by atoms with Gasteiger partial charge in [-0.25, -0.2) is 9.42 Å². The molecule has 0 aliphatic rings. The molecule has 0 unspecified atom stereocenters. The molecule has 0 saturated heterocycles. The number of carbonyl (C=O) groups is 1. The van der Waals surface area contributed by atoms with E-state index in [1.807, 2.05) is 13.0 Å². The van der Waals surface area contributed by atoms with Crippen LogP contribution in [-0.2, 0) is 5.75 Å². The maximum atomic E-state index is 10.8. The van der Waals surface area contributed by atoms with E-state index < -0.39 is 5.97 Å². The van der Waals surface area contributed by atoms with Crippen molar-refractivity contribution in [3.8, 4) is 0 Å². The summed E-state index contributed by atoms with van der Waals surface area (Å²) in [5.74, 6) is -0.315. The number of aryl methyl sites for hydroxylation is 1. The van der Waals surface area contributed by atoms with Crippen LogP contribution in [0.25, 0.3) is 0 Å². The highest BCUT2D eigenvalue weighted by atomic mass is 32.2. The number of aromatic carboxylic acids is 1. The molecule has 1 heterocycles. The normalized spacial score (nSPS) is 10.4. The minimum absolute atomic E-state index is 0.282. The topological polar surface area (TPSA) is 76.2 Å². The zero-order valence-corrected chi connectivity index (χ0v) is 9.90. The summed E-state index contributed by atoms with van der Waals surface area (Å²) in [4.78, 5) is 11.7. The molecular weight excluding hydrogens is 240 g/mol. The minimum atomic E-state index is -0.924. The Bertz CT molecular complexity index is 539. The second kappa shape index (κ2) is 5.01. The van der Waals surface area contributed by atoms with Gasteiger partial charge in [-0.2, -0.15) is 0 Å².